The third-order valence-electron chi connectivity index (χ3n) is 5.15. The smallest absolute Gasteiger partial charge is 0.243 e. The van der Waals surface area contributed by atoms with Gasteiger partial charge in [0.05, 0.1) is 4.90 Å². The summed E-state index contributed by atoms with van der Waals surface area (Å²) < 4.78 is 39.8. The van der Waals surface area contributed by atoms with Crippen molar-refractivity contribution >= 4 is 10.0 Å². The van der Waals surface area contributed by atoms with Crippen molar-refractivity contribution in [2.75, 3.05) is 26.2 Å². The number of hydrogen-bond donors (Lipinski definition) is 0. The molecule has 0 bridgehead atoms. The fourth-order valence-electron chi connectivity index (χ4n) is 3.80. The number of nitrogens with zero attached hydrogens (tertiary/aromatic N) is 2. The molecule has 3 rings (SSSR count). The van der Waals surface area contributed by atoms with Crippen LogP contribution in [-0.4, -0.2) is 49.8 Å². The molecule has 0 radical (unpaired) electrons. The van der Waals surface area contributed by atoms with Gasteiger partial charge in [0.2, 0.25) is 10.0 Å². The molecule has 0 unspecified atom stereocenters. The molecule has 1 heterocycles. The molecule has 0 amide bonds. The molecule has 128 valence electrons. The Bertz CT molecular complexity index is 624. The maximum absolute atomic E-state index is 13.0. The molecule has 2 atom stereocenters. The average molecular weight is 340 g/mol. The zero-order valence-corrected chi connectivity index (χ0v) is 14.4. The molecule has 1 aliphatic heterocycles. The van der Waals surface area contributed by atoms with Crippen LogP contribution in [0.2, 0.25) is 0 Å². The lowest BCUT2D eigenvalue weighted by Gasteiger charge is -2.41. The van der Waals surface area contributed by atoms with Gasteiger partial charge in [-0.05, 0) is 43.0 Å². The summed E-state index contributed by atoms with van der Waals surface area (Å²) in [5.74, 6) is 0.356. The second-order valence-corrected chi connectivity index (χ2v) is 8.76. The van der Waals surface area contributed by atoms with E-state index in [1.165, 1.54) is 54.3 Å². The second kappa shape index (κ2) is 6.87. The minimum absolute atomic E-state index is 0.179. The monoisotopic (exact) mass is 340 g/mol. The molecule has 0 N–H and O–H groups in total. The molecular weight excluding hydrogens is 315 g/mol. The molecule has 1 saturated heterocycles. The first-order valence-electron chi connectivity index (χ1n) is 8.46. The number of halogens is 1. The van der Waals surface area contributed by atoms with E-state index < -0.39 is 15.8 Å². The lowest BCUT2D eigenvalue weighted by molar-refractivity contribution is 0.0967. The average Bonchev–Trinajstić information content (AvgIpc) is 2.55. The topological polar surface area (TPSA) is 40.6 Å². The van der Waals surface area contributed by atoms with E-state index in [0.29, 0.717) is 19.1 Å². The third-order valence-corrected chi connectivity index (χ3v) is 7.06. The summed E-state index contributed by atoms with van der Waals surface area (Å²) in [5.41, 5.74) is 0. The van der Waals surface area contributed by atoms with Crippen LogP contribution < -0.4 is 0 Å². The molecule has 23 heavy (non-hydrogen) atoms. The van der Waals surface area contributed by atoms with Crippen LogP contribution in [0.5, 0.6) is 0 Å². The summed E-state index contributed by atoms with van der Waals surface area (Å²) in [6, 6.07) is 5.70. The van der Waals surface area contributed by atoms with Gasteiger partial charge in [0, 0.05) is 32.2 Å². The maximum atomic E-state index is 13.0. The minimum Gasteiger partial charge on any atom is -0.298 e. The first-order chi connectivity index (χ1) is 11.0. The number of hydrogen-bond acceptors (Lipinski definition) is 3. The molecule has 0 aromatic heterocycles. The van der Waals surface area contributed by atoms with Crippen LogP contribution in [0.4, 0.5) is 4.39 Å². The van der Waals surface area contributed by atoms with E-state index >= 15 is 0 Å². The van der Waals surface area contributed by atoms with Crippen LogP contribution in [-0.2, 0) is 10.0 Å². The van der Waals surface area contributed by atoms with Crippen LogP contribution in [0.3, 0.4) is 0 Å². The first-order valence-corrected chi connectivity index (χ1v) is 9.90. The molecule has 2 aliphatic rings. The van der Waals surface area contributed by atoms with Gasteiger partial charge in [0.25, 0.3) is 0 Å². The summed E-state index contributed by atoms with van der Waals surface area (Å²) in [7, 11) is -3.50. The fourth-order valence-corrected chi connectivity index (χ4v) is 5.22. The minimum atomic E-state index is -3.50. The molecule has 4 nitrogen and oxygen atoms in total. The van der Waals surface area contributed by atoms with Crippen molar-refractivity contribution in [1.29, 1.82) is 0 Å². The van der Waals surface area contributed by atoms with Gasteiger partial charge in [-0.15, -0.1) is 0 Å². The molecule has 1 aromatic carbocycles. The largest absolute Gasteiger partial charge is 0.298 e. The Kier molecular flexibility index (Phi) is 5.04. The van der Waals surface area contributed by atoms with Crippen molar-refractivity contribution in [3.63, 3.8) is 0 Å². The Morgan fingerprint density at radius 2 is 1.70 bits per heavy atom. The normalized spacial score (nSPS) is 27.9. The predicted molar refractivity (Wildman–Crippen MR) is 88.2 cm³/mol. The molecule has 6 heteroatoms. The lowest BCUT2D eigenvalue weighted by Crippen LogP contribution is -2.52. The van der Waals surface area contributed by atoms with E-state index in [9.17, 15) is 12.8 Å². The van der Waals surface area contributed by atoms with Gasteiger partial charge in [-0.3, -0.25) is 4.90 Å². The SMILES string of the molecule is C[C@H]1CCC[C@H](N2CCN(S(=O)(=O)c3ccc(F)cc3)CC2)C1. The van der Waals surface area contributed by atoms with Gasteiger partial charge in [-0.2, -0.15) is 4.31 Å². The zero-order valence-electron chi connectivity index (χ0n) is 13.6. The standard InChI is InChI=1S/C17H25FN2O2S/c1-14-3-2-4-16(13-14)19-9-11-20(12-10-19)23(21,22)17-7-5-15(18)6-8-17/h5-8,14,16H,2-4,9-13H2,1H3/t14-,16-/m0/s1. The lowest BCUT2D eigenvalue weighted by atomic mass is 9.86. The Hall–Kier alpha value is -0.980. The highest BCUT2D eigenvalue weighted by Crippen LogP contribution is 2.28. The van der Waals surface area contributed by atoms with E-state index in [4.69, 9.17) is 0 Å². The highest BCUT2D eigenvalue weighted by atomic mass is 32.2. The van der Waals surface area contributed by atoms with Gasteiger partial charge in [0.1, 0.15) is 5.82 Å². The highest BCUT2D eigenvalue weighted by molar-refractivity contribution is 7.89. The van der Waals surface area contributed by atoms with Crippen molar-refractivity contribution in [3.8, 4) is 0 Å². The molecule has 2 fully saturated rings. The second-order valence-electron chi connectivity index (χ2n) is 6.82. The third kappa shape index (κ3) is 3.75. The zero-order chi connectivity index (χ0) is 16.4. The van der Waals surface area contributed by atoms with Crippen LogP contribution >= 0.6 is 0 Å². The van der Waals surface area contributed by atoms with E-state index in [0.717, 1.165) is 19.0 Å². The van der Waals surface area contributed by atoms with Gasteiger partial charge in [-0.1, -0.05) is 19.8 Å². The van der Waals surface area contributed by atoms with Gasteiger partial charge in [-0.25, -0.2) is 12.8 Å². The van der Waals surface area contributed by atoms with Crippen molar-refractivity contribution in [1.82, 2.24) is 9.21 Å². The maximum Gasteiger partial charge on any atom is 0.243 e. The van der Waals surface area contributed by atoms with Gasteiger partial charge < -0.3 is 0 Å². The van der Waals surface area contributed by atoms with E-state index in [2.05, 4.69) is 11.8 Å². The Balaban J connectivity index is 1.63. The number of rotatable bonds is 3. The summed E-state index contributed by atoms with van der Waals surface area (Å²) in [6.45, 7) is 4.92. The van der Waals surface area contributed by atoms with Crippen molar-refractivity contribution in [2.24, 2.45) is 5.92 Å². The van der Waals surface area contributed by atoms with Gasteiger partial charge >= 0.3 is 0 Å². The van der Waals surface area contributed by atoms with Crippen molar-refractivity contribution in [2.45, 2.75) is 43.5 Å². The highest BCUT2D eigenvalue weighted by Gasteiger charge is 2.32. The quantitative estimate of drug-likeness (QED) is 0.849. The Morgan fingerprint density at radius 1 is 1.04 bits per heavy atom. The Labute approximate surface area is 138 Å². The van der Waals surface area contributed by atoms with Crippen molar-refractivity contribution in [3.05, 3.63) is 30.1 Å². The number of benzene rings is 1. The van der Waals surface area contributed by atoms with Crippen LogP contribution in [0.15, 0.2) is 29.2 Å². The summed E-state index contributed by atoms with van der Waals surface area (Å²) in [6.07, 6.45) is 5.05. The fraction of sp³-hybridized carbons (Fsp3) is 0.647. The van der Waals surface area contributed by atoms with Crippen LogP contribution in [0.1, 0.15) is 32.6 Å². The summed E-state index contributed by atoms with van der Waals surface area (Å²) >= 11 is 0. The summed E-state index contributed by atoms with van der Waals surface area (Å²) in [5, 5.41) is 0. The molecule has 1 aliphatic carbocycles. The van der Waals surface area contributed by atoms with E-state index in [1.807, 2.05) is 0 Å². The van der Waals surface area contributed by atoms with Crippen molar-refractivity contribution < 1.29 is 12.8 Å². The van der Waals surface area contributed by atoms with E-state index in [-0.39, 0.29) is 4.90 Å². The number of sulfonamides is 1. The first kappa shape index (κ1) is 16.9. The summed E-state index contributed by atoms with van der Waals surface area (Å²) in [4.78, 5) is 2.63. The van der Waals surface area contributed by atoms with E-state index in [1.54, 1.807) is 0 Å². The van der Waals surface area contributed by atoms with Gasteiger partial charge in [0.15, 0.2) is 0 Å². The Morgan fingerprint density at radius 3 is 2.30 bits per heavy atom. The van der Waals surface area contributed by atoms with Crippen LogP contribution in [0.25, 0.3) is 0 Å². The molecular formula is C17H25FN2O2S. The molecule has 1 aromatic rings. The molecule has 0 spiro atoms. The molecule has 1 saturated carbocycles. The predicted octanol–water partition coefficient (Wildman–Crippen LogP) is 2.71. The number of piperazine rings is 1. The van der Waals surface area contributed by atoms with Crippen LogP contribution in [0, 0.1) is 11.7 Å².